The van der Waals surface area contributed by atoms with Crippen molar-refractivity contribution in [1.29, 1.82) is 0 Å². The Labute approximate surface area is 79.1 Å². The molecule has 76 valence electrons. The van der Waals surface area contributed by atoms with Crippen LogP contribution >= 0.6 is 0 Å². The van der Waals surface area contributed by atoms with Crippen LogP contribution in [-0.2, 0) is 4.79 Å². The number of hydrogen-bond acceptors (Lipinski definition) is 3. The fourth-order valence-corrected chi connectivity index (χ4v) is 1.12. The molecule has 0 spiro atoms. The molecule has 0 saturated heterocycles. The van der Waals surface area contributed by atoms with E-state index in [2.05, 4.69) is 6.58 Å². The Kier molecular flexibility index (Phi) is 7.30. The number of carboxylic acids is 1. The number of carbonyl (C=O) groups excluding carboxylic acids is 1. The average Bonchev–Trinajstić information content (AvgIpc) is 2.04. The molecule has 0 aromatic rings. The van der Waals surface area contributed by atoms with Crippen molar-refractivity contribution in [3.8, 4) is 0 Å². The van der Waals surface area contributed by atoms with Gasteiger partial charge < -0.3 is 15.0 Å². The predicted molar refractivity (Wildman–Crippen MR) is 48.9 cm³/mol. The van der Waals surface area contributed by atoms with Crippen LogP contribution in [0.15, 0.2) is 12.7 Å². The highest BCUT2D eigenvalue weighted by Gasteiger charge is 2.02. The number of allylic oxidation sites excluding steroid dienone is 1. The monoisotopic (exact) mass is 185 g/mol. The number of hydrogen-bond donors (Lipinski definition) is 1. The number of rotatable bonds is 8. The van der Waals surface area contributed by atoms with Gasteiger partial charge in [-0.25, -0.2) is 0 Å². The molecule has 0 aromatic heterocycles. The van der Waals surface area contributed by atoms with E-state index in [1.54, 1.807) is 0 Å². The molecular weight excluding hydrogens is 168 g/mol. The lowest BCUT2D eigenvalue weighted by atomic mass is 10.1. The third-order valence-electron chi connectivity index (χ3n) is 1.86. The topological polar surface area (TPSA) is 60.4 Å². The highest BCUT2D eigenvalue weighted by atomic mass is 16.4. The van der Waals surface area contributed by atoms with Gasteiger partial charge in [-0.1, -0.05) is 6.08 Å². The van der Waals surface area contributed by atoms with Crippen LogP contribution in [0.25, 0.3) is 0 Å². The molecule has 3 heteroatoms. The van der Waals surface area contributed by atoms with E-state index in [1.165, 1.54) is 0 Å². The maximum absolute atomic E-state index is 10.0. The van der Waals surface area contributed by atoms with E-state index in [9.17, 15) is 15.0 Å². The van der Waals surface area contributed by atoms with Crippen LogP contribution < -0.4 is 5.11 Å². The molecule has 0 aromatic carbocycles. The Morgan fingerprint density at radius 3 is 2.62 bits per heavy atom. The first-order chi connectivity index (χ1) is 6.16. The summed E-state index contributed by atoms with van der Waals surface area (Å²) < 4.78 is 0. The summed E-state index contributed by atoms with van der Waals surface area (Å²) in [7, 11) is 0. The van der Waals surface area contributed by atoms with Crippen molar-refractivity contribution in [3.63, 3.8) is 0 Å². The zero-order chi connectivity index (χ0) is 10.1. The van der Waals surface area contributed by atoms with Gasteiger partial charge in [0, 0.05) is 5.97 Å². The minimum absolute atomic E-state index is 0.0402. The molecule has 1 N–H and O–H groups in total. The van der Waals surface area contributed by atoms with Gasteiger partial charge in [-0.05, 0) is 38.5 Å². The Balaban J connectivity index is 3.24. The largest absolute Gasteiger partial charge is 0.550 e. The Bertz CT molecular complexity index is 154. The van der Waals surface area contributed by atoms with Crippen LogP contribution in [0.1, 0.15) is 38.5 Å². The summed E-state index contributed by atoms with van der Waals surface area (Å²) in [6.45, 7) is 3.58. The average molecular weight is 185 g/mol. The Hall–Kier alpha value is -0.830. The van der Waals surface area contributed by atoms with E-state index in [4.69, 9.17) is 0 Å². The van der Waals surface area contributed by atoms with Crippen LogP contribution in [0.2, 0.25) is 0 Å². The van der Waals surface area contributed by atoms with Crippen molar-refractivity contribution >= 4 is 5.97 Å². The second kappa shape index (κ2) is 7.80. The summed E-state index contributed by atoms with van der Waals surface area (Å²) in [5.41, 5.74) is 0. The maximum atomic E-state index is 10.0. The van der Waals surface area contributed by atoms with Gasteiger partial charge in [-0.2, -0.15) is 0 Å². The van der Waals surface area contributed by atoms with Crippen molar-refractivity contribution in [2.75, 3.05) is 0 Å². The summed E-state index contributed by atoms with van der Waals surface area (Å²) in [6.07, 6.45) is 5.06. The highest BCUT2D eigenvalue weighted by molar-refractivity contribution is 5.64. The normalized spacial score (nSPS) is 12.4. The number of unbranched alkanes of at least 4 members (excludes halogenated alkanes) is 1. The van der Waals surface area contributed by atoms with Gasteiger partial charge in [0.05, 0.1) is 6.10 Å². The van der Waals surface area contributed by atoms with E-state index >= 15 is 0 Å². The molecule has 3 nitrogen and oxygen atoms in total. The van der Waals surface area contributed by atoms with Crippen LogP contribution in [0.5, 0.6) is 0 Å². The fraction of sp³-hybridized carbons (Fsp3) is 0.700. The predicted octanol–water partition coefficient (Wildman–Crippen LogP) is 0.624. The number of carboxylic acid groups (broad SMARTS) is 1. The summed E-state index contributed by atoms with van der Waals surface area (Å²) >= 11 is 0. The number of aliphatic hydroxyl groups is 1. The molecule has 0 amide bonds. The summed E-state index contributed by atoms with van der Waals surface area (Å²) in [4.78, 5) is 10.0. The van der Waals surface area contributed by atoms with Gasteiger partial charge in [-0.3, -0.25) is 0 Å². The van der Waals surface area contributed by atoms with E-state index in [1.807, 2.05) is 6.08 Å². The standard InChI is InChI=1S/C10H18O3/c1-2-3-4-6-9(11)7-5-8-10(12)13/h2,9,11H,1,3-8H2,(H,12,13)/p-1. The molecule has 0 saturated carbocycles. The van der Waals surface area contributed by atoms with Crippen molar-refractivity contribution in [2.24, 2.45) is 0 Å². The lowest BCUT2D eigenvalue weighted by Crippen LogP contribution is -2.22. The third-order valence-corrected chi connectivity index (χ3v) is 1.86. The number of carbonyl (C=O) groups is 1. The second-order valence-corrected chi connectivity index (χ2v) is 3.14. The minimum atomic E-state index is -1.04. The zero-order valence-electron chi connectivity index (χ0n) is 7.87. The number of aliphatic hydroxyl groups excluding tert-OH is 1. The van der Waals surface area contributed by atoms with Crippen molar-refractivity contribution in [3.05, 3.63) is 12.7 Å². The molecule has 0 fully saturated rings. The molecule has 0 heterocycles. The molecule has 1 atom stereocenters. The second-order valence-electron chi connectivity index (χ2n) is 3.14. The molecule has 0 aliphatic rings. The zero-order valence-corrected chi connectivity index (χ0v) is 7.87. The summed E-state index contributed by atoms with van der Waals surface area (Å²) in [5, 5.41) is 19.4. The smallest absolute Gasteiger partial charge is 0.0540 e. The summed E-state index contributed by atoms with van der Waals surface area (Å²) in [6, 6.07) is 0. The van der Waals surface area contributed by atoms with E-state index in [-0.39, 0.29) is 12.5 Å². The van der Waals surface area contributed by atoms with Crippen LogP contribution in [0.4, 0.5) is 0 Å². The van der Waals surface area contributed by atoms with Gasteiger partial charge in [0.2, 0.25) is 0 Å². The minimum Gasteiger partial charge on any atom is -0.550 e. The first-order valence-electron chi connectivity index (χ1n) is 4.65. The van der Waals surface area contributed by atoms with Crippen molar-refractivity contribution in [2.45, 2.75) is 44.6 Å². The molecule has 0 rings (SSSR count). The molecule has 13 heavy (non-hydrogen) atoms. The molecule has 1 unspecified atom stereocenters. The van der Waals surface area contributed by atoms with Gasteiger partial charge in [0.1, 0.15) is 0 Å². The van der Waals surface area contributed by atoms with Gasteiger partial charge in [-0.15, -0.1) is 6.58 Å². The fourth-order valence-electron chi connectivity index (χ4n) is 1.12. The van der Waals surface area contributed by atoms with Gasteiger partial charge >= 0.3 is 0 Å². The Morgan fingerprint density at radius 1 is 1.46 bits per heavy atom. The van der Waals surface area contributed by atoms with E-state index in [0.717, 1.165) is 19.3 Å². The van der Waals surface area contributed by atoms with Gasteiger partial charge in [0.25, 0.3) is 0 Å². The molecular formula is C10H17O3-. The first kappa shape index (κ1) is 12.2. The van der Waals surface area contributed by atoms with Crippen LogP contribution in [0.3, 0.4) is 0 Å². The molecule has 0 aliphatic heterocycles. The maximum Gasteiger partial charge on any atom is 0.0540 e. The SMILES string of the molecule is C=CCCCC(O)CCCC(=O)[O-]. The number of aliphatic carboxylic acids is 1. The van der Waals surface area contributed by atoms with E-state index < -0.39 is 5.97 Å². The quantitative estimate of drug-likeness (QED) is 0.445. The molecule has 0 bridgehead atoms. The highest BCUT2D eigenvalue weighted by Crippen LogP contribution is 2.08. The lowest BCUT2D eigenvalue weighted by molar-refractivity contribution is -0.305. The summed E-state index contributed by atoms with van der Waals surface area (Å²) in [5.74, 6) is -1.04. The molecule has 0 radical (unpaired) electrons. The Morgan fingerprint density at radius 2 is 2.08 bits per heavy atom. The van der Waals surface area contributed by atoms with E-state index in [0.29, 0.717) is 12.8 Å². The molecule has 0 aliphatic carbocycles. The first-order valence-corrected chi connectivity index (χ1v) is 4.65. The lowest BCUT2D eigenvalue weighted by Gasteiger charge is -2.09. The third kappa shape index (κ3) is 9.08. The van der Waals surface area contributed by atoms with Crippen molar-refractivity contribution in [1.82, 2.24) is 0 Å². The van der Waals surface area contributed by atoms with Crippen LogP contribution in [-0.4, -0.2) is 17.2 Å². The van der Waals surface area contributed by atoms with Gasteiger partial charge in [0.15, 0.2) is 0 Å². The van der Waals surface area contributed by atoms with Crippen LogP contribution in [0, 0.1) is 0 Å². The van der Waals surface area contributed by atoms with Crippen molar-refractivity contribution < 1.29 is 15.0 Å².